The van der Waals surface area contributed by atoms with Gasteiger partial charge in [-0.25, -0.2) is 4.79 Å². The summed E-state index contributed by atoms with van der Waals surface area (Å²) >= 11 is 7.30. The van der Waals surface area contributed by atoms with E-state index in [2.05, 4.69) is 0 Å². The van der Waals surface area contributed by atoms with Crippen molar-refractivity contribution in [2.75, 3.05) is 12.4 Å². The number of carboxylic acids is 1. The molecule has 22 heavy (non-hydrogen) atoms. The van der Waals surface area contributed by atoms with Gasteiger partial charge in [0.1, 0.15) is 12.4 Å². The van der Waals surface area contributed by atoms with Crippen LogP contribution >= 0.6 is 23.4 Å². The third kappa shape index (κ3) is 5.26. The minimum absolute atomic E-state index is 0.101. The molecule has 0 heterocycles. The topological polar surface area (TPSA) is 66.8 Å². The van der Waals surface area contributed by atoms with Crippen molar-refractivity contribution in [3.05, 3.63) is 59.1 Å². The van der Waals surface area contributed by atoms with Crippen molar-refractivity contribution in [1.29, 1.82) is 0 Å². The molecule has 0 aliphatic rings. The number of hydrogen-bond donors (Lipinski definition) is 2. The minimum Gasteiger partial charge on any atom is -0.491 e. The van der Waals surface area contributed by atoms with Gasteiger partial charge in [0.2, 0.25) is 0 Å². The molecule has 0 fully saturated rings. The molecule has 2 N–H and O–H groups in total. The summed E-state index contributed by atoms with van der Waals surface area (Å²) in [4.78, 5) is 11.9. The fraction of sp³-hybridized carbons (Fsp3) is 0.188. The van der Waals surface area contributed by atoms with Gasteiger partial charge in [-0.05, 0) is 42.5 Å². The van der Waals surface area contributed by atoms with Gasteiger partial charge in [-0.1, -0.05) is 17.7 Å². The number of aromatic carboxylic acids is 1. The summed E-state index contributed by atoms with van der Waals surface area (Å²) in [5.74, 6) is -0.111. The van der Waals surface area contributed by atoms with Crippen molar-refractivity contribution in [3.8, 4) is 5.75 Å². The van der Waals surface area contributed by atoms with Crippen LogP contribution in [0.1, 0.15) is 10.4 Å². The third-order valence-electron chi connectivity index (χ3n) is 2.78. The number of carbonyl (C=O) groups is 1. The van der Waals surface area contributed by atoms with E-state index in [4.69, 9.17) is 21.4 Å². The number of rotatable bonds is 7. The van der Waals surface area contributed by atoms with Crippen molar-refractivity contribution in [2.45, 2.75) is 11.0 Å². The Morgan fingerprint density at radius 3 is 2.64 bits per heavy atom. The van der Waals surface area contributed by atoms with Crippen molar-refractivity contribution < 1.29 is 19.7 Å². The molecule has 0 bridgehead atoms. The van der Waals surface area contributed by atoms with Crippen LogP contribution in [0.5, 0.6) is 5.75 Å². The smallest absolute Gasteiger partial charge is 0.335 e. The normalized spacial score (nSPS) is 11.9. The molecule has 0 radical (unpaired) electrons. The minimum atomic E-state index is -1.01. The fourth-order valence-corrected chi connectivity index (χ4v) is 2.62. The predicted octanol–water partition coefficient (Wildman–Crippen LogP) is 3.57. The highest BCUT2D eigenvalue weighted by molar-refractivity contribution is 7.99. The first kappa shape index (κ1) is 16.7. The average Bonchev–Trinajstić information content (AvgIpc) is 2.52. The standard InChI is InChI=1S/C16H15ClO4S/c17-12-4-6-15(7-5-12)22-10-13(18)9-21-14-3-1-2-11(8-14)16(19)20/h1-8,13,18H,9-10H2,(H,19,20). The Hall–Kier alpha value is -1.69. The van der Waals surface area contributed by atoms with Gasteiger partial charge in [0, 0.05) is 15.7 Å². The lowest BCUT2D eigenvalue weighted by molar-refractivity contribution is 0.0696. The summed E-state index contributed by atoms with van der Waals surface area (Å²) < 4.78 is 5.42. The highest BCUT2D eigenvalue weighted by Crippen LogP contribution is 2.21. The second kappa shape index (κ2) is 8.08. The summed E-state index contributed by atoms with van der Waals surface area (Å²) in [5, 5.41) is 19.5. The SMILES string of the molecule is O=C(O)c1cccc(OCC(O)CSc2ccc(Cl)cc2)c1. The van der Waals surface area contributed by atoms with Gasteiger partial charge < -0.3 is 14.9 Å². The zero-order valence-corrected chi connectivity index (χ0v) is 13.2. The summed E-state index contributed by atoms with van der Waals surface area (Å²) in [5.41, 5.74) is 0.155. The maximum absolute atomic E-state index is 10.9. The van der Waals surface area contributed by atoms with Crippen LogP contribution < -0.4 is 4.74 Å². The van der Waals surface area contributed by atoms with Crippen LogP contribution in [-0.2, 0) is 0 Å². The van der Waals surface area contributed by atoms with Crippen molar-refractivity contribution >= 4 is 29.3 Å². The van der Waals surface area contributed by atoms with Gasteiger partial charge in [0.15, 0.2) is 0 Å². The molecule has 1 unspecified atom stereocenters. The molecule has 0 amide bonds. The van der Waals surface area contributed by atoms with Gasteiger partial charge in [-0.3, -0.25) is 0 Å². The first-order chi connectivity index (χ1) is 10.5. The first-order valence-electron chi connectivity index (χ1n) is 6.57. The maximum atomic E-state index is 10.9. The molecular weight excluding hydrogens is 324 g/mol. The number of benzene rings is 2. The quantitative estimate of drug-likeness (QED) is 0.755. The Morgan fingerprint density at radius 1 is 1.23 bits per heavy atom. The molecule has 0 saturated heterocycles. The van der Waals surface area contributed by atoms with E-state index in [-0.39, 0.29) is 12.2 Å². The van der Waals surface area contributed by atoms with Gasteiger partial charge in [0.25, 0.3) is 0 Å². The Labute approximate surface area is 137 Å². The van der Waals surface area contributed by atoms with Crippen LogP contribution in [0.4, 0.5) is 0 Å². The third-order valence-corrected chi connectivity index (χ3v) is 4.19. The number of ether oxygens (including phenoxy) is 1. The summed E-state index contributed by atoms with van der Waals surface area (Å²) in [6.45, 7) is 0.101. The predicted molar refractivity (Wildman–Crippen MR) is 87.1 cm³/mol. The van der Waals surface area contributed by atoms with E-state index in [9.17, 15) is 9.90 Å². The Kier molecular flexibility index (Phi) is 6.12. The lowest BCUT2D eigenvalue weighted by Crippen LogP contribution is -2.20. The van der Waals surface area contributed by atoms with Crippen LogP contribution in [0, 0.1) is 0 Å². The van der Waals surface area contributed by atoms with Crippen molar-refractivity contribution in [3.63, 3.8) is 0 Å². The van der Waals surface area contributed by atoms with Crippen LogP contribution in [0.15, 0.2) is 53.4 Å². The van der Waals surface area contributed by atoms with Crippen LogP contribution in [0.3, 0.4) is 0 Å². The molecule has 6 heteroatoms. The highest BCUT2D eigenvalue weighted by Gasteiger charge is 2.08. The van der Waals surface area contributed by atoms with Crippen LogP contribution in [0.25, 0.3) is 0 Å². The van der Waals surface area contributed by atoms with Gasteiger partial charge >= 0.3 is 5.97 Å². The molecule has 2 aromatic rings. The van der Waals surface area contributed by atoms with Gasteiger partial charge in [-0.2, -0.15) is 0 Å². The lowest BCUT2D eigenvalue weighted by atomic mass is 10.2. The van der Waals surface area contributed by atoms with Crippen LogP contribution in [0.2, 0.25) is 5.02 Å². The van der Waals surface area contributed by atoms with Crippen LogP contribution in [-0.4, -0.2) is 34.6 Å². The average molecular weight is 339 g/mol. The summed E-state index contributed by atoms with van der Waals surface area (Å²) in [6, 6.07) is 13.5. The number of carboxylic acid groups (broad SMARTS) is 1. The number of aliphatic hydroxyl groups is 1. The zero-order chi connectivity index (χ0) is 15.9. The van der Waals surface area contributed by atoms with E-state index in [0.717, 1.165) is 4.90 Å². The van der Waals surface area contributed by atoms with E-state index in [0.29, 0.717) is 16.5 Å². The van der Waals surface area contributed by atoms with Gasteiger partial charge in [-0.15, -0.1) is 11.8 Å². The van der Waals surface area contributed by atoms with Crippen molar-refractivity contribution in [1.82, 2.24) is 0 Å². The molecular formula is C16H15ClO4S. The molecule has 2 aromatic carbocycles. The maximum Gasteiger partial charge on any atom is 0.335 e. The van der Waals surface area contributed by atoms with Crippen molar-refractivity contribution in [2.24, 2.45) is 0 Å². The monoisotopic (exact) mass is 338 g/mol. The number of halogens is 1. The van der Waals surface area contributed by atoms with E-state index < -0.39 is 12.1 Å². The highest BCUT2D eigenvalue weighted by atomic mass is 35.5. The summed E-state index contributed by atoms with van der Waals surface area (Å²) in [7, 11) is 0. The molecule has 0 spiro atoms. The summed E-state index contributed by atoms with van der Waals surface area (Å²) in [6.07, 6.45) is -0.658. The number of aliphatic hydroxyl groups excluding tert-OH is 1. The van der Waals surface area contributed by atoms with E-state index in [1.165, 1.54) is 23.9 Å². The molecule has 2 rings (SSSR count). The molecule has 0 aliphatic carbocycles. The second-order valence-electron chi connectivity index (χ2n) is 4.56. The van der Waals surface area contributed by atoms with E-state index in [1.54, 1.807) is 24.3 Å². The number of hydrogen-bond acceptors (Lipinski definition) is 4. The van der Waals surface area contributed by atoms with E-state index in [1.807, 2.05) is 12.1 Å². The Bertz CT molecular complexity index is 630. The number of thioether (sulfide) groups is 1. The van der Waals surface area contributed by atoms with E-state index >= 15 is 0 Å². The zero-order valence-electron chi connectivity index (χ0n) is 11.6. The molecule has 0 aliphatic heterocycles. The second-order valence-corrected chi connectivity index (χ2v) is 6.09. The fourth-order valence-electron chi connectivity index (χ4n) is 1.68. The largest absolute Gasteiger partial charge is 0.491 e. The molecule has 116 valence electrons. The molecule has 4 nitrogen and oxygen atoms in total. The Morgan fingerprint density at radius 2 is 1.95 bits per heavy atom. The first-order valence-corrected chi connectivity index (χ1v) is 7.93. The molecule has 0 saturated carbocycles. The molecule has 1 atom stereocenters. The van der Waals surface area contributed by atoms with Gasteiger partial charge in [0.05, 0.1) is 11.7 Å². The lowest BCUT2D eigenvalue weighted by Gasteiger charge is -2.12. The Balaban J connectivity index is 1.80. The molecule has 0 aromatic heterocycles.